The molecule has 1 amide bonds. The Morgan fingerprint density at radius 3 is 2.64 bits per heavy atom. The van der Waals surface area contributed by atoms with Crippen LogP contribution >= 0.6 is 11.6 Å². The van der Waals surface area contributed by atoms with Crippen LogP contribution < -0.4 is 10.5 Å². The predicted octanol–water partition coefficient (Wildman–Crippen LogP) is 3.79. The number of methoxy groups -OCH3 is 1. The van der Waals surface area contributed by atoms with Crippen LogP contribution in [-0.2, 0) is 23.3 Å². The Bertz CT molecular complexity index is 1170. The van der Waals surface area contributed by atoms with Gasteiger partial charge in [0.25, 0.3) is 0 Å². The number of ether oxygens (including phenoxy) is 1. The van der Waals surface area contributed by atoms with Gasteiger partial charge in [-0.3, -0.25) is 9.36 Å². The predicted molar refractivity (Wildman–Crippen MR) is 127 cm³/mol. The fraction of sp³-hybridized carbons (Fsp3) is 0.400. The average Bonchev–Trinajstić information content (AvgIpc) is 3.26. The second-order valence-electron chi connectivity index (χ2n) is 9.01. The van der Waals surface area contributed by atoms with Crippen molar-refractivity contribution < 1.29 is 9.53 Å². The van der Waals surface area contributed by atoms with Gasteiger partial charge in [-0.05, 0) is 55.5 Å². The minimum Gasteiger partial charge on any atom is -0.497 e. The SMILES string of the molecule is COc1cccc(-c2nnc3n2CC(=O)N([C@H]2CC[C@](CN)(c4cccc(Cl)c4)CC2)C3)c1. The maximum atomic E-state index is 13.2. The van der Waals surface area contributed by atoms with Crippen LogP contribution in [0.2, 0.25) is 5.02 Å². The summed E-state index contributed by atoms with van der Waals surface area (Å²) in [5.41, 5.74) is 8.26. The van der Waals surface area contributed by atoms with E-state index in [-0.39, 0.29) is 23.9 Å². The van der Waals surface area contributed by atoms with Crippen LogP contribution in [0.1, 0.15) is 37.1 Å². The van der Waals surface area contributed by atoms with Crippen molar-refractivity contribution in [3.63, 3.8) is 0 Å². The van der Waals surface area contributed by atoms with Gasteiger partial charge in [-0.15, -0.1) is 10.2 Å². The van der Waals surface area contributed by atoms with Crippen LogP contribution in [0.3, 0.4) is 0 Å². The lowest BCUT2D eigenvalue weighted by Crippen LogP contribution is -2.50. The number of amides is 1. The van der Waals surface area contributed by atoms with Crippen LogP contribution in [0.15, 0.2) is 48.5 Å². The number of hydrogen-bond acceptors (Lipinski definition) is 5. The number of nitrogens with zero attached hydrogens (tertiary/aromatic N) is 4. The van der Waals surface area contributed by atoms with Gasteiger partial charge in [-0.1, -0.05) is 35.9 Å². The third-order valence-electron chi connectivity index (χ3n) is 7.26. The Balaban J connectivity index is 1.33. The molecule has 0 saturated heterocycles. The van der Waals surface area contributed by atoms with E-state index >= 15 is 0 Å². The van der Waals surface area contributed by atoms with E-state index in [1.54, 1.807) is 7.11 Å². The highest BCUT2D eigenvalue weighted by molar-refractivity contribution is 6.30. The van der Waals surface area contributed by atoms with Crippen molar-refractivity contribution >= 4 is 17.5 Å². The summed E-state index contributed by atoms with van der Waals surface area (Å²) in [4.78, 5) is 15.2. The number of carbonyl (C=O) groups is 1. The van der Waals surface area contributed by atoms with Crippen molar-refractivity contribution in [2.24, 2.45) is 5.73 Å². The number of carbonyl (C=O) groups excluding carboxylic acids is 1. The van der Waals surface area contributed by atoms with Crippen LogP contribution in [0.4, 0.5) is 0 Å². The number of rotatable bonds is 5. The normalized spacial score (nSPS) is 22.8. The first-order valence-corrected chi connectivity index (χ1v) is 11.7. The second kappa shape index (κ2) is 8.80. The zero-order chi connectivity index (χ0) is 23.0. The molecule has 8 heteroatoms. The highest BCUT2D eigenvalue weighted by Crippen LogP contribution is 2.41. The zero-order valence-electron chi connectivity index (χ0n) is 18.7. The maximum Gasteiger partial charge on any atom is 0.243 e. The first-order valence-electron chi connectivity index (χ1n) is 11.3. The van der Waals surface area contributed by atoms with E-state index in [4.69, 9.17) is 22.1 Å². The molecule has 1 fully saturated rings. The molecular formula is C25H28ClN5O2. The molecule has 1 aliphatic carbocycles. The molecule has 1 aromatic heterocycles. The summed E-state index contributed by atoms with van der Waals surface area (Å²) in [6, 6.07) is 15.9. The summed E-state index contributed by atoms with van der Waals surface area (Å²) in [6.45, 7) is 1.31. The number of halogens is 1. The van der Waals surface area contributed by atoms with Crippen LogP contribution in [0.25, 0.3) is 11.4 Å². The lowest BCUT2D eigenvalue weighted by molar-refractivity contribution is -0.137. The van der Waals surface area contributed by atoms with E-state index in [0.717, 1.165) is 47.8 Å². The Morgan fingerprint density at radius 2 is 1.91 bits per heavy atom. The van der Waals surface area contributed by atoms with Gasteiger partial charge in [0, 0.05) is 28.6 Å². The Hall–Kier alpha value is -2.90. The molecule has 1 saturated carbocycles. The summed E-state index contributed by atoms with van der Waals surface area (Å²) >= 11 is 6.25. The van der Waals surface area contributed by atoms with Gasteiger partial charge >= 0.3 is 0 Å². The first kappa shape index (κ1) is 21.9. The van der Waals surface area contributed by atoms with E-state index in [1.165, 1.54) is 5.56 Å². The van der Waals surface area contributed by atoms with Gasteiger partial charge in [0.05, 0.1) is 13.7 Å². The molecule has 0 unspecified atom stereocenters. The molecule has 5 rings (SSSR count). The highest BCUT2D eigenvalue weighted by Gasteiger charge is 2.40. The number of hydrogen-bond donors (Lipinski definition) is 1. The van der Waals surface area contributed by atoms with E-state index < -0.39 is 0 Å². The van der Waals surface area contributed by atoms with Crippen molar-refractivity contribution in [1.82, 2.24) is 19.7 Å². The van der Waals surface area contributed by atoms with Gasteiger partial charge in [0.1, 0.15) is 12.3 Å². The van der Waals surface area contributed by atoms with Crippen LogP contribution in [-0.4, -0.2) is 45.3 Å². The average molecular weight is 466 g/mol. The number of fused-ring (bicyclic) bond motifs is 1. The lowest BCUT2D eigenvalue weighted by Gasteiger charge is -2.44. The maximum absolute atomic E-state index is 13.2. The highest BCUT2D eigenvalue weighted by atomic mass is 35.5. The molecule has 0 radical (unpaired) electrons. The molecule has 172 valence electrons. The topological polar surface area (TPSA) is 86.3 Å². The van der Waals surface area contributed by atoms with Gasteiger partial charge in [-0.25, -0.2) is 0 Å². The second-order valence-corrected chi connectivity index (χ2v) is 9.44. The molecule has 2 N–H and O–H groups in total. The smallest absolute Gasteiger partial charge is 0.243 e. The number of aromatic nitrogens is 3. The van der Waals surface area contributed by atoms with Crippen molar-refractivity contribution in [2.75, 3.05) is 13.7 Å². The van der Waals surface area contributed by atoms with Crippen molar-refractivity contribution in [2.45, 2.75) is 50.2 Å². The zero-order valence-corrected chi connectivity index (χ0v) is 19.5. The Morgan fingerprint density at radius 1 is 1.12 bits per heavy atom. The molecule has 2 heterocycles. The monoisotopic (exact) mass is 465 g/mol. The number of nitrogens with two attached hydrogens (primary N) is 1. The molecular weight excluding hydrogens is 438 g/mol. The van der Waals surface area contributed by atoms with Crippen LogP contribution in [0.5, 0.6) is 5.75 Å². The lowest BCUT2D eigenvalue weighted by atomic mass is 9.68. The molecule has 3 aromatic rings. The molecule has 0 spiro atoms. The molecule has 33 heavy (non-hydrogen) atoms. The fourth-order valence-corrected chi connectivity index (χ4v) is 5.48. The van der Waals surface area contributed by atoms with Gasteiger partial charge in [0.15, 0.2) is 11.6 Å². The van der Waals surface area contributed by atoms with E-state index in [9.17, 15) is 4.79 Å². The fourth-order valence-electron chi connectivity index (χ4n) is 5.29. The summed E-state index contributed by atoms with van der Waals surface area (Å²) < 4.78 is 7.25. The minimum atomic E-state index is -0.0835. The Kier molecular flexibility index (Phi) is 5.85. The quantitative estimate of drug-likeness (QED) is 0.619. The Labute approximate surface area is 198 Å². The molecule has 2 aromatic carbocycles. The van der Waals surface area contributed by atoms with Crippen molar-refractivity contribution in [1.29, 1.82) is 0 Å². The van der Waals surface area contributed by atoms with Crippen molar-refractivity contribution in [3.8, 4) is 17.1 Å². The molecule has 2 aliphatic rings. The van der Waals surface area contributed by atoms with Gasteiger partial charge < -0.3 is 15.4 Å². The third-order valence-corrected chi connectivity index (χ3v) is 7.50. The molecule has 7 nitrogen and oxygen atoms in total. The molecule has 0 atom stereocenters. The van der Waals surface area contributed by atoms with E-state index in [2.05, 4.69) is 16.3 Å². The van der Waals surface area contributed by atoms with E-state index in [0.29, 0.717) is 18.9 Å². The summed E-state index contributed by atoms with van der Waals surface area (Å²) in [6.07, 6.45) is 3.68. The third kappa shape index (κ3) is 4.00. The molecule has 1 aliphatic heterocycles. The first-order chi connectivity index (χ1) is 16.0. The summed E-state index contributed by atoms with van der Waals surface area (Å²) in [7, 11) is 1.63. The van der Waals surface area contributed by atoms with Gasteiger partial charge in [-0.2, -0.15) is 0 Å². The van der Waals surface area contributed by atoms with E-state index in [1.807, 2.05) is 51.9 Å². The summed E-state index contributed by atoms with van der Waals surface area (Å²) in [5, 5.41) is 9.54. The number of benzene rings is 2. The summed E-state index contributed by atoms with van der Waals surface area (Å²) in [5.74, 6) is 2.37. The largest absolute Gasteiger partial charge is 0.497 e. The van der Waals surface area contributed by atoms with Crippen LogP contribution in [0, 0.1) is 0 Å². The van der Waals surface area contributed by atoms with Gasteiger partial charge in [0.2, 0.25) is 5.91 Å². The molecule has 0 bridgehead atoms. The standard InChI is InChI=1S/C25H28ClN5O2/c1-33-21-7-2-4-17(12-21)24-29-28-22-14-30(23(32)15-31(22)24)20-8-10-25(16-27,11-9-20)18-5-3-6-19(26)13-18/h2-7,12-13,20H,8-11,14-16,27H2,1H3/t20-,25-. The van der Waals surface area contributed by atoms with Crippen molar-refractivity contribution in [3.05, 3.63) is 64.9 Å². The minimum absolute atomic E-state index is 0.0835.